The molecule has 0 aromatic carbocycles. The maximum Gasteiger partial charge on any atom is 0.417 e. The molecule has 20 heavy (non-hydrogen) atoms. The Morgan fingerprint density at radius 2 is 2.10 bits per heavy atom. The number of rotatable bonds is 2. The van der Waals surface area contributed by atoms with Gasteiger partial charge in [0.15, 0.2) is 0 Å². The fourth-order valence-corrected chi connectivity index (χ4v) is 2.13. The van der Waals surface area contributed by atoms with E-state index in [1.807, 2.05) is 0 Å². The topological polar surface area (TPSA) is 84.7 Å². The zero-order valence-electron chi connectivity index (χ0n) is 11.9. The quantitative estimate of drug-likeness (QED) is 0.891. The Kier molecular flexibility index (Phi) is 3.69. The third-order valence-corrected chi connectivity index (χ3v) is 2.87. The van der Waals surface area contributed by atoms with Crippen LogP contribution in [0.15, 0.2) is 6.20 Å². The largest absolute Gasteiger partial charge is 0.481 e. The molecule has 1 aliphatic heterocycles. The number of aromatic nitrogens is 2. The van der Waals surface area contributed by atoms with Crippen molar-refractivity contribution < 1.29 is 19.4 Å². The van der Waals surface area contributed by atoms with Gasteiger partial charge in [0.2, 0.25) is 5.95 Å². The van der Waals surface area contributed by atoms with Gasteiger partial charge < -0.3 is 14.4 Å². The molecule has 1 aromatic heterocycles. The van der Waals surface area contributed by atoms with Gasteiger partial charge in [0.25, 0.3) is 0 Å². The standard InChI is InChI=1S/C13H19N3O4/c1-13(2,3)20-12(19)16-6-4-5-15-9(7-10(17)18)8-14-11(15)16/h8H,4-7H2,1-3H3,(H,17,18). The van der Waals surface area contributed by atoms with Crippen molar-refractivity contribution in [2.45, 2.75) is 45.8 Å². The lowest BCUT2D eigenvalue weighted by Crippen LogP contribution is -2.41. The molecule has 1 aromatic rings. The van der Waals surface area contributed by atoms with Crippen molar-refractivity contribution >= 4 is 18.0 Å². The van der Waals surface area contributed by atoms with Crippen molar-refractivity contribution in [1.82, 2.24) is 9.55 Å². The van der Waals surface area contributed by atoms with Crippen LogP contribution in [0.5, 0.6) is 0 Å². The van der Waals surface area contributed by atoms with Crippen LogP contribution in [-0.4, -0.2) is 38.9 Å². The van der Waals surface area contributed by atoms with Crippen LogP contribution in [0.3, 0.4) is 0 Å². The molecule has 0 aliphatic carbocycles. The van der Waals surface area contributed by atoms with Gasteiger partial charge in [-0.2, -0.15) is 0 Å². The molecule has 7 heteroatoms. The summed E-state index contributed by atoms with van der Waals surface area (Å²) >= 11 is 0. The van der Waals surface area contributed by atoms with Crippen molar-refractivity contribution in [3.63, 3.8) is 0 Å². The van der Waals surface area contributed by atoms with E-state index in [0.29, 0.717) is 24.7 Å². The zero-order valence-corrected chi connectivity index (χ0v) is 11.9. The summed E-state index contributed by atoms with van der Waals surface area (Å²) in [6, 6.07) is 0. The second-order valence-electron chi connectivity index (χ2n) is 5.76. The summed E-state index contributed by atoms with van der Waals surface area (Å²) in [6.07, 6.45) is 1.70. The SMILES string of the molecule is CC(C)(C)OC(=O)N1CCCn2c(CC(=O)O)cnc21. The van der Waals surface area contributed by atoms with E-state index < -0.39 is 17.7 Å². The molecule has 0 saturated heterocycles. The lowest BCUT2D eigenvalue weighted by atomic mass is 10.2. The Morgan fingerprint density at radius 3 is 2.70 bits per heavy atom. The number of ether oxygens (including phenoxy) is 1. The molecule has 0 spiro atoms. The van der Waals surface area contributed by atoms with E-state index >= 15 is 0 Å². The minimum atomic E-state index is -0.915. The third-order valence-electron chi connectivity index (χ3n) is 2.87. The van der Waals surface area contributed by atoms with E-state index in [2.05, 4.69) is 4.98 Å². The summed E-state index contributed by atoms with van der Waals surface area (Å²) in [5, 5.41) is 8.87. The summed E-state index contributed by atoms with van der Waals surface area (Å²) in [5.41, 5.74) is 0.0244. The van der Waals surface area contributed by atoms with Crippen molar-refractivity contribution in [3.05, 3.63) is 11.9 Å². The maximum absolute atomic E-state index is 12.1. The maximum atomic E-state index is 12.1. The van der Waals surface area contributed by atoms with Crippen LogP contribution in [0.4, 0.5) is 10.7 Å². The molecule has 1 amide bonds. The first-order valence-corrected chi connectivity index (χ1v) is 6.54. The molecule has 0 saturated carbocycles. The van der Waals surface area contributed by atoms with Gasteiger partial charge >= 0.3 is 12.1 Å². The number of imidazole rings is 1. The highest BCUT2D eigenvalue weighted by Gasteiger charge is 2.30. The van der Waals surface area contributed by atoms with Crippen molar-refractivity contribution in [2.24, 2.45) is 0 Å². The predicted octanol–water partition coefficient (Wildman–Crippen LogP) is 1.66. The monoisotopic (exact) mass is 281 g/mol. The van der Waals surface area contributed by atoms with Crippen molar-refractivity contribution in [2.75, 3.05) is 11.4 Å². The molecular weight excluding hydrogens is 262 g/mol. The van der Waals surface area contributed by atoms with Crippen molar-refractivity contribution in [3.8, 4) is 0 Å². The fourth-order valence-electron chi connectivity index (χ4n) is 2.13. The summed E-state index contributed by atoms with van der Waals surface area (Å²) in [5.74, 6) is -0.455. The van der Waals surface area contributed by atoms with Crippen molar-refractivity contribution in [1.29, 1.82) is 0 Å². The molecule has 1 N–H and O–H groups in total. The summed E-state index contributed by atoms with van der Waals surface area (Å²) in [7, 11) is 0. The van der Waals surface area contributed by atoms with Crippen LogP contribution in [0.1, 0.15) is 32.9 Å². The number of carboxylic acids is 1. The van der Waals surface area contributed by atoms with E-state index in [1.165, 1.54) is 11.1 Å². The average Bonchev–Trinajstić information content (AvgIpc) is 2.69. The second-order valence-corrected chi connectivity index (χ2v) is 5.76. The van der Waals surface area contributed by atoms with Gasteiger partial charge in [0.05, 0.1) is 18.3 Å². The molecule has 2 heterocycles. The third kappa shape index (κ3) is 3.09. The molecule has 2 rings (SSSR count). The van der Waals surface area contributed by atoms with Gasteiger partial charge in [0, 0.05) is 13.1 Å². The van der Waals surface area contributed by atoms with Crippen LogP contribution in [0.2, 0.25) is 0 Å². The predicted molar refractivity (Wildman–Crippen MR) is 71.8 cm³/mol. The lowest BCUT2D eigenvalue weighted by Gasteiger charge is -2.30. The first kappa shape index (κ1) is 14.4. The summed E-state index contributed by atoms with van der Waals surface area (Å²) in [6.45, 7) is 6.60. The second kappa shape index (κ2) is 5.15. The number of nitrogens with zero attached hydrogens (tertiary/aromatic N) is 3. The molecular formula is C13H19N3O4. The minimum Gasteiger partial charge on any atom is -0.481 e. The normalized spacial score (nSPS) is 14.8. The van der Waals surface area contributed by atoms with Gasteiger partial charge in [-0.25, -0.2) is 14.7 Å². The smallest absolute Gasteiger partial charge is 0.417 e. The van der Waals surface area contributed by atoms with E-state index in [0.717, 1.165) is 6.42 Å². The fraction of sp³-hybridized carbons (Fsp3) is 0.615. The van der Waals surface area contributed by atoms with Gasteiger partial charge in [-0.05, 0) is 27.2 Å². The molecule has 1 aliphatic rings. The van der Waals surface area contributed by atoms with Crippen LogP contribution in [-0.2, 0) is 22.5 Å². The highest BCUT2D eigenvalue weighted by molar-refractivity contribution is 5.86. The molecule has 0 fully saturated rings. The Bertz CT molecular complexity index is 530. The lowest BCUT2D eigenvalue weighted by molar-refractivity contribution is -0.136. The number of fused-ring (bicyclic) bond motifs is 1. The number of hydrogen-bond acceptors (Lipinski definition) is 4. The van der Waals surface area contributed by atoms with Crippen LogP contribution in [0, 0.1) is 0 Å². The summed E-state index contributed by atoms with van der Waals surface area (Å²) < 4.78 is 7.11. The van der Waals surface area contributed by atoms with E-state index in [4.69, 9.17) is 9.84 Å². The number of carbonyl (C=O) groups excluding carboxylic acids is 1. The molecule has 7 nitrogen and oxygen atoms in total. The number of amides is 1. The first-order chi connectivity index (χ1) is 9.28. The molecule has 0 radical (unpaired) electrons. The number of carboxylic acid groups (broad SMARTS) is 1. The zero-order chi connectivity index (χ0) is 14.9. The van der Waals surface area contributed by atoms with Crippen LogP contribution >= 0.6 is 0 Å². The van der Waals surface area contributed by atoms with Gasteiger partial charge in [-0.1, -0.05) is 0 Å². The van der Waals surface area contributed by atoms with Crippen LogP contribution in [0.25, 0.3) is 0 Å². The Hall–Kier alpha value is -2.05. The number of hydrogen-bond donors (Lipinski definition) is 1. The van der Waals surface area contributed by atoms with E-state index in [-0.39, 0.29) is 6.42 Å². The molecule has 110 valence electrons. The van der Waals surface area contributed by atoms with Gasteiger partial charge in [-0.3, -0.25) is 4.79 Å². The number of carbonyl (C=O) groups is 2. The molecule has 0 unspecified atom stereocenters. The van der Waals surface area contributed by atoms with Gasteiger partial charge in [0.1, 0.15) is 5.60 Å². The Morgan fingerprint density at radius 1 is 1.40 bits per heavy atom. The Balaban J connectivity index is 2.23. The number of anilines is 1. The highest BCUT2D eigenvalue weighted by Crippen LogP contribution is 2.24. The highest BCUT2D eigenvalue weighted by atomic mass is 16.6. The molecule has 0 bridgehead atoms. The van der Waals surface area contributed by atoms with E-state index in [1.54, 1.807) is 25.3 Å². The Labute approximate surface area is 117 Å². The summed E-state index contributed by atoms with van der Waals surface area (Å²) in [4.78, 5) is 28.6. The van der Waals surface area contributed by atoms with Crippen LogP contribution < -0.4 is 4.90 Å². The minimum absolute atomic E-state index is 0.102. The van der Waals surface area contributed by atoms with Gasteiger partial charge in [-0.15, -0.1) is 0 Å². The average molecular weight is 281 g/mol. The first-order valence-electron chi connectivity index (χ1n) is 6.54. The van der Waals surface area contributed by atoms with E-state index in [9.17, 15) is 9.59 Å². The molecule has 0 atom stereocenters. The number of aliphatic carboxylic acids is 1.